The minimum Gasteiger partial charge on any atom is -0.453 e. The van der Waals surface area contributed by atoms with Crippen molar-refractivity contribution < 1.29 is 13.9 Å². The number of ether oxygens (including phenoxy) is 1. The van der Waals surface area contributed by atoms with E-state index in [1.165, 1.54) is 19.2 Å². The highest BCUT2D eigenvalue weighted by Crippen LogP contribution is 2.29. The van der Waals surface area contributed by atoms with Crippen molar-refractivity contribution in [2.24, 2.45) is 0 Å². The van der Waals surface area contributed by atoms with Crippen LogP contribution >= 0.6 is 0 Å². The van der Waals surface area contributed by atoms with E-state index in [-0.39, 0.29) is 5.82 Å². The molecule has 19 heavy (non-hydrogen) atoms. The van der Waals surface area contributed by atoms with Gasteiger partial charge in [-0.15, -0.1) is 0 Å². The zero-order valence-electron chi connectivity index (χ0n) is 10.7. The molecule has 0 aliphatic carbocycles. The maximum Gasteiger partial charge on any atom is 0.411 e. The zero-order valence-corrected chi connectivity index (χ0v) is 10.7. The second-order valence-corrected chi connectivity index (χ2v) is 4.17. The van der Waals surface area contributed by atoms with Crippen LogP contribution < -0.4 is 5.32 Å². The average Bonchev–Trinajstić information content (AvgIpc) is 2.40. The number of carbonyl (C=O) groups is 1. The van der Waals surface area contributed by atoms with Gasteiger partial charge in [-0.2, -0.15) is 0 Å². The van der Waals surface area contributed by atoms with Crippen LogP contribution in [-0.2, 0) is 4.74 Å². The molecule has 0 saturated carbocycles. The van der Waals surface area contributed by atoms with Crippen LogP contribution in [-0.4, -0.2) is 13.2 Å². The van der Waals surface area contributed by atoms with Crippen LogP contribution in [0.15, 0.2) is 42.5 Å². The smallest absolute Gasteiger partial charge is 0.411 e. The van der Waals surface area contributed by atoms with Crippen molar-refractivity contribution >= 4 is 11.8 Å². The molecule has 0 unspecified atom stereocenters. The molecule has 4 heteroatoms. The van der Waals surface area contributed by atoms with E-state index in [1.54, 1.807) is 12.1 Å². The molecule has 0 radical (unpaired) electrons. The number of hydrogen-bond acceptors (Lipinski definition) is 2. The number of methoxy groups -OCH3 is 1. The Morgan fingerprint density at radius 1 is 1.16 bits per heavy atom. The maximum absolute atomic E-state index is 12.9. The molecule has 1 N–H and O–H groups in total. The molecule has 0 aliphatic rings. The average molecular weight is 259 g/mol. The summed E-state index contributed by atoms with van der Waals surface area (Å²) in [6, 6.07) is 11.8. The third-order valence-electron chi connectivity index (χ3n) is 2.75. The topological polar surface area (TPSA) is 38.3 Å². The molecule has 0 saturated heterocycles. The van der Waals surface area contributed by atoms with Gasteiger partial charge in [0.1, 0.15) is 5.82 Å². The van der Waals surface area contributed by atoms with Gasteiger partial charge in [0.25, 0.3) is 0 Å². The van der Waals surface area contributed by atoms with Crippen LogP contribution in [0.3, 0.4) is 0 Å². The van der Waals surface area contributed by atoms with Crippen LogP contribution in [0, 0.1) is 12.7 Å². The molecule has 3 nitrogen and oxygen atoms in total. The van der Waals surface area contributed by atoms with Crippen molar-refractivity contribution in [1.29, 1.82) is 0 Å². The molecule has 2 rings (SSSR count). The van der Waals surface area contributed by atoms with Crippen molar-refractivity contribution in [3.8, 4) is 11.1 Å². The number of anilines is 1. The Morgan fingerprint density at radius 2 is 1.84 bits per heavy atom. The summed E-state index contributed by atoms with van der Waals surface area (Å²) in [7, 11) is 1.31. The van der Waals surface area contributed by atoms with E-state index in [0.29, 0.717) is 5.69 Å². The summed E-state index contributed by atoms with van der Waals surface area (Å²) in [5.74, 6) is -0.293. The first-order chi connectivity index (χ1) is 9.10. The number of carbonyl (C=O) groups excluding carboxylic acids is 1. The molecule has 0 bridgehead atoms. The Kier molecular flexibility index (Phi) is 3.80. The summed E-state index contributed by atoms with van der Waals surface area (Å²) < 4.78 is 17.5. The van der Waals surface area contributed by atoms with Crippen molar-refractivity contribution in [3.63, 3.8) is 0 Å². The quantitative estimate of drug-likeness (QED) is 0.885. The number of aryl methyl sites for hydroxylation is 1. The number of halogens is 1. The molecule has 0 heterocycles. The summed E-state index contributed by atoms with van der Waals surface area (Å²) in [6.07, 6.45) is -0.533. The Hall–Kier alpha value is -2.36. The van der Waals surface area contributed by atoms with E-state index < -0.39 is 6.09 Å². The van der Waals surface area contributed by atoms with Crippen molar-refractivity contribution in [2.45, 2.75) is 6.92 Å². The first kappa shape index (κ1) is 13.1. The first-order valence-corrected chi connectivity index (χ1v) is 5.81. The van der Waals surface area contributed by atoms with E-state index in [9.17, 15) is 9.18 Å². The van der Waals surface area contributed by atoms with Gasteiger partial charge < -0.3 is 4.74 Å². The number of benzene rings is 2. The molecule has 0 spiro atoms. The molecule has 0 atom stereocenters. The minimum absolute atomic E-state index is 0.293. The lowest BCUT2D eigenvalue weighted by molar-refractivity contribution is 0.187. The Labute approximate surface area is 111 Å². The first-order valence-electron chi connectivity index (χ1n) is 5.81. The van der Waals surface area contributed by atoms with Crippen LogP contribution in [0.2, 0.25) is 0 Å². The summed E-state index contributed by atoms with van der Waals surface area (Å²) in [4.78, 5) is 11.3. The molecule has 1 amide bonds. The fourth-order valence-electron chi connectivity index (χ4n) is 1.80. The minimum atomic E-state index is -0.533. The SMILES string of the molecule is COC(=O)Nc1cc(C)ccc1-c1ccc(F)cc1. The molecule has 2 aromatic carbocycles. The van der Waals surface area contributed by atoms with Crippen molar-refractivity contribution in [3.05, 3.63) is 53.8 Å². The van der Waals surface area contributed by atoms with Crippen LogP contribution in [0.25, 0.3) is 11.1 Å². The second kappa shape index (κ2) is 5.52. The molecular weight excluding hydrogens is 245 g/mol. The Balaban J connectivity index is 2.44. The predicted octanol–water partition coefficient (Wildman–Crippen LogP) is 3.98. The second-order valence-electron chi connectivity index (χ2n) is 4.17. The number of hydrogen-bond donors (Lipinski definition) is 1. The third kappa shape index (κ3) is 3.10. The van der Waals surface area contributed by atoms with Gasteiger partial charge in [-0.3, -0.25) is 5.32 Å². The number of rotatable bonds is 2. The number of nitrogens with one attached hydrogen (secondary N) is 1. The van der Waals surface area contributed by atoms with Crippen LogP contribution in [0.5, 0.6) is 0 Å². The van der Waals surface area contributed by atoms with Crippen LogP contribution in [0.1, 0.15) is 5.56 Å². The van der Waals surface area contributed by atoms with E-state index in [1.807, 2.05) is 25.1 Å². The predicted molar refractivity (Wildman–Crippen MR) is 72.6 cm³/mol. The van der Waals surface area contributed by atoms with Crippen molar-refractivity contribution in [2.75, 3.05) is 12.4 Å². The number of amides is 1. The zero-order chi connectivity index (χ0) is 13.8. The molecular formula is C15H14FNO2. The fraction of sp³-hybridized carbons (Fsp3) is 0.133. The van der Waals surface area contributed by atoms with Crippen molar-refractivity contribution in [1.82, 2.24) is 0 Å². The summed E-state index contributed by atoms with van der Waals surface area (Å²) >= 11 is 0. The largest absolute Gasteiger partial charge is 0.453 e. The van der Waals surface area contributed by atoms with E-state index >= 15 is 0 Å². The summed E-state index contributed by atoms with van der Waals surface area (Å²) in [5.41, 5.74) is 3.29. The van der Waals surface area contributed by atoms with Gasteiger partial charge in [-0.25, -0.2) is 9.18 Å². The standard InChI is InChI=1S/C15H14FNO2/c1-10-3-8-13(11-4-6-12(16)7-5-11)14(9-10)17-15(18)19-2/h3-9H,1-2H3,(H,17,18). The lowest BCUT2D eigenvalue weighted by atomic mass is 10.0. The van der Waals surface area contributed by atoms with Gasteiger partial charge in [0, 0.05) is 5.56 Å². The van der Waals surface area contributed by atoms with Gasteiger partial charge in [-0.1, -0.05) is 24.3 Å². The summed E-state index contributed by atoms with van der Waals surface area (Å²) in [6.45, 7) is 1.93. The monoisotopic (exact) mass is 259 g/mol. The highest BCUT2D eigenvalue weighted by Gasteiger charge is 2.09. The van der Waals surface area contributed by atoms with Gasteiger partial charge in [0.2, 0.25) is 0 Å². The van der Waals surface area contributed by atoms with Gasteiger partial charge in [0.15, 0.2) is 0 Å². The van der Waals surface area contributed by atoms with E-state index in [0.717, 1.165) is 16.7 Å². The van der Waals surface area contributed by atoms with Gasteiger partial charge >= 0.3 is 6.09 Å². The Morgan fingerprint density at radius 3 is 2.47 bits per heavy atom. The highest BCUT2D eigenvalue weighted by atomic mass is 19.1. The summed E-state index contributed by atoms with van der Waals surface area (Å²) in [5, 5.41) is 2.66. The maximum atomic E-state index is 12.9. The molecule has 2 aromatic rings. The highest BCUT2D eigenvalue weighted by molar-refractivity contribution is 5.91. The fourth-order valence-corrected chi connectivity index (χ4v) is 1.80. The third-order valence-corrected chi connectivity index (χ3v) is 2.75. The molecule has 0 fully saturated rings. The Bertz CT molecular complexity index is 594. The molecule has 98 valence electrons. The van der Waals surface area contributed by atoms with Gasteiger partial charge in [-0.05, 0) is 36.2 Å². The van der Waals surface area contributed by atoms with E-state index in [2.05, 4.69) is 10.1 Å². The molecule has 0 aromatic heterocycles. The van der Waals surface area contributed by atoms with Gasteiger partial charge in [0.05, 0.1) is 12.8 Å². The molecule has 0 aliphatic heterocycles. The lowest BCUT2D eigenvalue weighted by Gasteiger charge is -2.11. The normalized spacial score (nSPS) is 10.1. The lowest BCUT2D eigenvalue weighted by Crippen LogP contribution is -2.11. The van der Waals surface area contributed by atoms with E-state index in [4.69, 9.17) is 0 Å². The van der Waals surface area contributed by atoms with Crippen LogP contribution in [0.4, 0.5) is 14.9 Å².